The van der Waals surface area contributed by atoms with Gasteiger partial charge >= 0.3 is 0 Å². The Kier molecular flexibility index (Phi) is 5.15. The number of hydrogen-bond acceptors (Lipinski definition) is 3. The molecular formula is C11H22N2O. The highest BCUT2D eigenvalue weighted by molar-refractivity contribution is 4.87. The third-order valence-electron chi connectivity index (χ3n) is 2.50. The molecule has 1 heterocycles. The molecule has 0 unspecified atom stereocenters. The van der Waals surface area contributed by atoms with Crippen LogP contribution in [0.25, 0.3) is 0 Å². The first kappa shape index (κ1) is 11.7. The summed E-state index contributed by atoms with van der Waals surface area (Å²) in [6.45, 7) is 13.1. The Balaban J connectivity index is 1.99. The molecule has 1 aliphatic heterocycles. The molecule has 1 aliphatic rings. The Morgan fingerprint density at radius 1 is 1.29 bits per heavy atom. The molecule has 1 rings (SSSR count). The van der Waals surface area contributed by atoms with E-state index in [-0.39, 0.29) is 0 Å². The molecule has 0 aromatic rings. The zero-order valence-corrected chi connectivity index (χ0v) is 9.46. The molecule has 0 radical (unpaired) electrons. The topological polar surface area (TPSA) is 15.7 Å². The van der Waals surface area contributed by atoms with Gasteiger partial charge in [0.2, 0.25) is 0 Å². The van der Waals surface area contributed by atoms with Gasteiger partial charge < -0.3 is 9.64 Å². The predicted molar refractivity (Wildman–Crippen MR) is 59.6 cm³/mol. The second kappa shape index (κ2) is 6.17. The van der Waals surface area contributed by atoms with Crippen molar-refractivity contribution in [3.63, 3.8) is 0 Å². The molecule has 0 aliphatic carbocycles. The standard InChI is InChI=1S/C11H22N2O/c1-11(2)10-14-9-8-13-6-4-12(3)5-7-13/h1,4-10H2,2-3H3. The third-order valence-corrected chi connectivity index (χ3v) is 2.50. The van der Waals surface area contributed by atoms with Gasteiger partial charge in [0, 0.05) is 32.7 Å². The van der Waals surface area contributed by atoms with Crippen molar-refractivity contribution in [2.75, 3.05) is 53.0 Å². The van der Waals surface area contributed by atoms with Crippen molar-refractivity contribution in [1.29, 1.82) is 0 Å². The summed E-state index contributed by atoms with van der Waals surface area (Å²) >= 11 is 0. The van der Waals surface area contributed by atoms with Crippen LogP contribution in [-0.2, 0) is 4.74 Å². The molecular weight excluding hydrogens is 176 g/mol. The van der Waals surface area contributed by atoms with Gasteiger partial charge in [0.1, 0.15) is 0 Å². The van der Waals surface area contributed by atoms with Crippen molar-refractivity contribution in [1.82, 2.24) is 9.80 Å². The van der Waals surface area contributed by atoms with Gasteiger partial charge in [-0.15, -0.1) is 0 Å². The normalized spacial score (nSPS) is 19.9. The summed E-state index contributed by atoms with van der Waals surface area (Å²) < 4.78 is 5.47. The molecule has 0 amide bonds. The van der Waals surface area contributed by atoms with E-state index >= 15 is 0 Å². The van der Waals surface area contributed by atoms with Crippen LogP contribution >= 0.6 is 0 Å². The number of piperazine rings is 1. The van der Waals surface area contributed by atoms with Gasteiger partial charge in [-0.05, 0) is 14.0 Å². The van der Waals surface area contributed by atoms with Crippen LogP contribution in [0.15, 0.2) is 12.2 Å². The molecule has 3 heteroatoms. The SMILES string of the molecule is C=C(C)COCCN1CCN(C)CC1. The van der Waals surface area contributed by atoms with E-state index in [1.807, 2.05) is 6.92 Å². The molecule has 14 heavy (non-hydrogen) atoms. The van der Waals surface area contributed by atoms with Crippen molar-refractivity contribution < 1.29 is 4.74 Å². The predicted octanol–water partition coefficient (Wildman–Crippen LogP) is 0.827. The Hall–Kier alpha value is -0.380. The summed E-state index contributed by atoms with van der Waals surface area (Å²) in [6.07, 6.45) is 0. The highest BCUT2D eigenvalue weighted by atomic mass is 16.5. The fourth-order valence-corrected chi connectivity index (χ4v) is 1.51. The summed E-state index contributed by atoms with van der Waals surface area (Å²) in [5.74, 6) is 0. The number of ether oxygens (including phenoxy) is 1. The maximum Gasteiger partial charge on any atom is 0.0672 e. The molecule has 0 bridgehead atoms. The highest BCUT2D eigenvalue weighted by Gasteiger charge is 2.12. The highest BCUT2D eigenvalue weighted by Crippen LogP contribution is 1.98. The van der Waals surface area contributed by atoms with Gasteiger partial charge in [-0.3, -0.25) is 4.90 Å². The van der Waals surface area contributed by atoms with Crippen molar-refractivity contribution in [3.8, 4) is 0 Å². The van der Waals surface area contributed by atoms with E-state index in [1.165, 1.54) is 26.2 Å². The number of rotatable bonds is 5. The largest absolute Gasteiger partial charge is 0.376 e. The van der Waals surface area contributed by atoms with Crippen LogP contribution in [0.4, 0.5) is 0 Å². The molecule has 3 nitrogen and oxygen atoms in total. The smallest absolute Gasteiger partial charge is 0.0672 e. The number of hydrogen-bond donors (Lipinski definition) is 0. The van der Waals surface area contributed by atoms with E-state index in [9.17, 15) is 0 Å². The molecule has 1 fully saturated rings. The Bertz CT molecular complexity index is 174. The van der Waals surface area contributed by atoms with Gasteiger partial charge in [-0.2, -0.15) is 0 Å². The van der Waals surface area contributed by atoms with Crippen molar-refractivity contribution >= 4 is 0 Å². The summed E-state index contributed by atoms with van der Waals surface area (Å²) in [5.41, 5.74) is 1.10. The average Bonchev–Trinajstić information content (AvgIpc) is 2.15. The second-order valence-corrected chi connectivity index (χ2v) is 4.15. The van der Waals surface area contributed by atoms with Crippen LogP contribution < -0.4 is 0 Å². The molecule has 0 atom stereocenters. The minimum atomic E-state index is 0.702. The van der Waals surface area contributed by atoms with Gasteiger partial charge in [-0.1, -0.05) is 12.2 Å². The van der Waals surface area contributed by atoms with Crippen LogP contribution in [0.5, 0.6) is 0 Å². The van der Waals surface area contributed by atoms with Crippen LogP contribution in [0.2, 0.25) is 0 Å². The van der Waals surface area contributed by atoms with E-state index in [2.05, 4.69) is 23.4 Å². The lowest BCUT2D eigenvalue weighted by molar-refractivity contribution is 0.0922. The van der Waals surface area contributed by atoms with Crippen LogP contribution in [-0.4, -0.2) is 62.8 Å². The fraction of sp³-hybridized carbons (Fsp3) is 0.818. The fourth-order valence-electron chi connectivity index (χ4n) is 1.51. The van der Waals surface area contributed by atoms with E-state index in [0.29, 0.717) is 6.61 Å². The molecule has 0 saturated carbocycles. The second-order valence-electron chi connectivity index (χ2n) is 4.15. The minimum absolute atomic E-state index is 0.702. The summed E-state index contributed by atoms with van der Waals surface area (Å²) in [5, 5.41) is 0. The minimum Gasteiger partial charge on any atom is -0.376 e. The first-order chi connectivity index (χ1) is 6.68. The lowest BCUT2D eigenvalue weighted by Crippen LogP contribution is -2.45. The van der Waals surface area contributed by atoms with Gasteiger partial charge in [0.05, 0.1) is 13.2 Å². The zero-order valence-electron chi connectivity index (χ0n) is 9.46. The Labute approximate surface area is 87.3 Å². The quantitative estimate of drug-likeness (QED) is 0.480. The zero-order chi connectivity index (χ0) is 10.4. The third kappa shape index (κ3) is 4.74. The van der Waals surface area contributed by atoms with Gasteiger partial charge in [0.25, 0.3) is 0 Å². The molecule has 82 valence electrons. The van der Waals surface area contributed by atoms with E-state index in [4.69, 9.17) is 4.74 Å². The van der Waals surface area contributed by atoms with E-state index < -0.39 is 0 Å². The van der Waals surface area contributed by atoms with Crippen LogP contribution in [0, 0.1) is 0 Å². The van der Waals surface area contributed by atoms with Crippen molar-refractivity contribution in [2.24, 2.45) is 0 Å². The summed E-state index contributed by atoms with van der Waals surface area (Å²) in [6, 6.07) is 0. The summed E-state index contributed by atoms with van der Waals surface area (Å²) in [7, 11) is 2.18. The molecule has 0 spiro atoms. The molecule has 0 aromatic carbocycles. The molecule has 0 N–H and O–H groups in total. The maximum atomic E-state index is 5.47. The molecule has 0 aromatic heterocycles. The lowest BCUT2D eigenvalue weighted by Gasteiger charge is -2.32. The Morgan fingerprint density at radius 2 is 1.93 bits per heavy atom. The number of nitrogens with zero attached hydrogens (tertiary/aromatic N) is 2. The maximum absolute atomic E-state index is 5.47. The lowest BCUT2D eigenvalue weighted by atomic mass is 10.3. The van der Waals surface area contributed by atoms with Crippen LogP contribution in [0.1, 0.15) is 6.92 Å². The number of likely N-dealkylation sites (N-methyl/N-ethyl adjacent to an activating group) is 1. The monoisotopic (exact) mass is 198 g/mol. The van der Waals surface area contributed by atoms with Crippen molar-refractivity contribution in [2.45, 2.75) is 6.92 Å². The van der Waals surface area contributed by atoms with Gasteiger partial charge in [0.15, 0.2) is 0 Å². The average molecular weight is 198 g/mol. The summed E-state index contributed by atoms with van der Waals surface area (Å²) in [4.78, 5) is 4.82. The Morgan fingerprint density at radius 3 is 2.50 bits per heavy atom. The van der Waals surface area contributed by atoms with E-state index in [1.54, 1.807) is 0 Å². The first-order valence-corrected chi connectivity index (χ1v) is 5.31. The first-order valence-electron chi connectivity index (χ1n) is 5.31. The molecule has 1 saturated heterocycles. The van der Waals surface area contributed by atoms with Crippen molar-refractivity contribution in [3.05, 3.63) is 12.2 Å². The van der Waals surface area contributed by atoms with Gasteiger partial charge in [-0.25, -0.2) is 0 Å². The van der Waals surface area contributed by atoms with Crippen LogP contribution in [0.3, 0.4) is 0 Å². The van der Waals surface area contributed by atoms with E-state index in [0.717, 1.165) is 18.7 Å².